The number of likely N-dealkylation sites (N-methyl/N-ethyl adjacent to an activating group) is 1. The van der Waals surface area contributed by atoms with Crippen LogP contribution in [0.2, 0.25) is 0 Å². The summed E-state index contributed by atoms with van der Waals surface area (Å²) in [6.07, 6.45) is 0.428. The summed E-state index contributed by atoms with van der Waals surface area (Å²) < 4.78 is 0. The smallest absolute Gasteiger partial charge is 0.227 e. The highest BCUT2D eigenvalue weighted by Crippen LogP contribution is 2.09. The van der Waals surface area contributed by atoms with Gasteiger partial charge in [-0.3, -0.25) is 4.79 Å². The van der Waals surface area contributed by atoms with E-state index in [2.05, 4.69) is 19.2 Å². The third-order valence-corrected chi connectivity index (χ3v) is 2.52. The maximum absolute atomic E-state index is 11.8. The molecule has 3 heteroatoms. The van der Waals surface area contributed by atoms with Gasteiger partial charge in [-0.05, 0) is 24.6 Å². The average molecular weight is 235 g/mol. The number of carbonyl (C=O) groups excluding carboxylic acids is 1. The van der Waals surface area contributed by atoms with Gasteiger partial charge in [0.15, 0.2) is 0 Å². The fourth-order valence-corrected chi connectivity index (χ4v) is 1.57. The van der Waals surface area contributed by atoms with Gasteiger partial charge in [-0.15, -0.1) is 12.6 Å². The largest absolute Gasteiger partial charge is 0.342 e. The van der Waals surface area contributed by atoms with E-state index in [0.717, 1.165) is 16.0 Å². The molecule has 0 heterocycles. The topological polar surface area (TPSA) is 20.3 Å². The zero-order valence-electron chi connectivity index (χ0n) is 9.73. The Kier molecular flexibility index (Phi) is 4.62. The van der Waals surface area contributed by atoms with E-state index in [9.17, 15) is 4.79 Å². The van der Waals surface area contributed by atoms with Crippen molar-refractivity contribution < 1.29 is 4.79 Å². The van der Waals surface area contributed by atoms with Crippen molar-refractivity contribution in [1.82, 2.24) is 4.90 Å². The van der Waals surface area contributed by atoms with Crippen LogP contribution < -0.4 is 0 Å². The first-order chi connectivity index (χ1) is 7.49. The van der Waals surface area contributed by atoms with Crippen LogP contribution in [0, 0.1) is 0 Å². The molecule has 0 aliphatic heterocycles. The average Bonchev–Trinajstić information content (AvgIpc) is 2.20. The summed E-state index contributed by atoms with van der Waals surface area (Å²) in [5.74, 6) is 0.106. The number of benzene rings is 1. The van der Waals surface area contributed by atoms with E-state index in [1.165, 1.54) is 0 Å². The first kappa shape index (κ1) is 12.8. The fourth-order valence-electron chi connectivity index (χ4n) is 1.42. The van der Waals surface area contributed by atoms with Crippen molar-refractivity contribution in [3.8, 4) is 0 Å². The summed E-state index contributed by atoms with van der Waals surface area (Å²) in [6, 6.07) is 7.64. The Morgan fingerprint density at radius 1 is 1.38 bits per heavy atom. The Bertz CT molecular complexity index is 383. The summed E-state index contributed by atoms with van der Waals surface area (Å²) in [5, 5.41) is 0. The zero-order chi connectivity index (χ0) is 12.1. The lowest BCUT2D eigenvalue weighted by molar-refractivity contribution is -0.128. The molecule has 2 nitrogen and oxygen atoms in total. The Morgan fingerprint density at radius 2 is 1.94 bits per heavy atom. The Balaban J connectivity index is 2.57. The van der Waals surface area contributed by atoms with Crippen LogP contribution in [-0.4, -0.2) is 24.4 Å². The molecule has 1 aromatic carbocycles. The Morgan fingerprint density at radius 3 is 2.44 bits per heavy atom. The van der Waals surface area contributed by atoms with Crippen molar-refractivity contribution in [3.63, 3.8) is 0 Å². The van der Waals surface area contributed by atoms with Crippen molar-refractivity contribution in [2.45, 2.75) is 18.2 Å². The van der Waals surface area contributed by atoms with Gasteiger partial charge in [0.2, 0.25) is 5.91 Å². The van der Waals surface area contributed by atoms with Gasteiger partial charge < -0.3 is 4.90 Å². The molecule has 0 bridgehead atoms. The lowest BCUT2D eigenvalue weighted by atomic mass is 10.1. The highest BCUT2D eigenvalue weighted by molar-refractivity contribution is 7.80. The highest BCUT2D eigenvalue weighted by Gasteiger charge is 2.09. The van der Waals surface area contributed by atoms with Crippen molar-refractivity contribution in [3.05, 3.63) is 42.0 Å². The van der Waals surface area contributed by atoms with Gasteiger partial charge >= 0.3 is 0 Å². The number of hydrogen-bond acceptors (Lipinski definition) is 2. The van der Waals surface area contributed by atoms with Gasteiger partial charge in [0.05, 0.1) is 6.42 Å². The lowest BCUT2D eigenvalue weighted by Gasteiger charge is -2.17. The van der Waals surface area contributed by atoms with Crippen LogP contribution >= 0.6 is 12.6 Å². The van der Waals surface area contributed by atoms with E-state index in [4.69, 9.17) is 0 Å². The van der Waals surface area contributed by atoms with E-state index in [1.807, 2.05) is 31.2 Å². The SMILES string of the molecule is C=C(C)CN(C)C(=O)Cc1ccc(S)cc1. The monoisotopic (exact) mass is 235 g/mol. The van der Waals surface area contributed by atoms with Crippen LogP contribution in [0.15, 0.2) is 41.3 Å². The molecule has 0 aliphatic carbocycles. The van der Waals surface area contributed by atoms with Gasteiger partial charge in [-0.2, -0.15) is 0 Å². The van der Waals surface area contributed by atoms with Gasteiger partial charge in [-0.1, -0.05) is 24.3 Å². The van der Waals surface area contributed by atoms with Crippen molar-refractivity contribution in [2.75, 3.05) is 13.6 Å². The summed E-state index contributed by atoms with van der Waals surface area (Å²) in [6.45, 7) is 6.32. The van der Waals surface area contributed by atoms with Crippen LogP contribution in [0.4, 0.5) is 0 Å². The van der Waals surface area contributed by atoms with Crippen LogP contribution in [0.5, 0.6) is 0 Å². The van der Waals surface area contributed by atoms with Gasteiger partial charge in [0, 0.05) is 18.5 Å². The van der Waals surface area contributed by atoms with Crippen LogP contribution in [-0.2, 0) is 11.2 Å². The number of nitrogens with zero attached hydrogens (tertiary/aromatic N) is 1. The first-order valence-electron chi connectivity index (χ1n) is 5.15. The van der Waals surface area contributed by atoms with Crippen LogP contribution in [0.3, 0.4) is 0 Å². The predicted octanol–water partition coefficient (Wildman–Crippen LogP) is 2.55. The molecule has 1 amide bonds. The first-order valence-corrected chi connectivity index (χ1v) is 5.60. The number of thiol groups is 1. The summed E-state index contributed by atoms with van der Waals surface area (Å²) in [5.41, 5.74) is 2.00. The molecular weight excluding hydrogens is 218 g/mol. The minimum absolute atomic E-state index is 0.106. The maximum Gasteiger partial charge on any atom is 0.227 e. The van der Waals surface area contributed by atoms with Gasteiger partial charge in [0.1, 0.15) is 0 Å². The quantitative estimate of drug-likeness (QED) is 0.628. The third-order valence-electron chi connectivity index (χ3n) is 2.22. The molecule has 0 aliphatic rings. The van der Waals surface area contributed by atoms with E-state index in [1.54, 1.807) is 11.9 Å². The predicted molar refractivity (Wildman–Crippen MR) is 69.8 cm³/mol. The van der Waals surface area contributed by atoms with Gasteiger partial charge in [-0.25, -0.2) is 0 Å². The number of hydrogen-bond donors (Lipinski definition) is 1. The van der Waals surface area contributed by atoms with Crippen molar-refractivity contribution in [1.29, 1.82) is 0 Å². The zero-order valence-corrected chi connectivity index (χ0v) is 10.6. The molecule has 0 unspecified atom stereocenters. The summed E-state index contributed by atoms with van der Waals surface area (Å²) >= 11 is 4.20. The Labute approximate surface area is 102 Å². The van der Waals surface area contributed by atoms with E-state index in [-0.39, 0.29) is 5.91 Å². The van der Waals surface area contributed by atoms with E-state index in [0.29, 0.717) is 13.0 Å². The standard InChI is InChI=1S/C13H17NOS/c1-10(2)9-14(3)13(15)8-11-4-6-12(16)7-5-11/h4-7,16H,1,8-9H2,2-3H3. The lowest BCUT2D eigenvalue weighted by Crippen LogP contribution is -2.29. The second kappa shape index (κ2) is 5.75. The molecule has 1 rings (SSSR count). The minimum Gasteiger partial charge on any atom is -0.342 e. The molecule has 0 radical (unpaired) electrons. The van der Waals surface area contributed by atoms with Crippen molar-refractivity contribution >= 4 is 18.5 Å². The second-order valence-electron chi connectivity index (χ2n) is 4.05. The Hall–Kier alpha value is -1.22. The van der Waals surface area contributed by atoms with E-state index < -0.39 is 0 Å². The fraction of sp³-hybridized carbons (Fsp3) is 0.308. The minimum atomic E-state index is 0.106. The molecule has 0 N–H and O–H groups in total. The number of carbonyl (C=O) groups is 1. The van der Waals surface area contributed by atoms with Gasteiger partial charge in [0.25, 0.3) is 0 Å². The molecule has 0 saturated carbocycles. The summed E-state index contributed by atoms with van der Waals surface area (Å²) in [4.78, 5) is 14.4. The molecule has 1 aromatic rings. The molecule has 0 atom stereocenters. The second-order valence-corrected chi connectivity index (χ2v) is 4.57. The molecule has 0 spiro atoms. The third kappa shape index (κ3) is 4.11. The summed E-state index contributed by atoms with van der Waals surface area (Å²) in [7, 11) is 1.80. The molecule has 0 saturated heterocycles. The highest BCUT2D eigenvalue weighted by atomic mass is 32.1. The van der Waals surface area contributed by atoms with E-state index >= 15 is 0 Å². The van der Waals surface area contributed by atoms with Crippen LogP contribution in [0.25, 0.3) is 0 Å². The number of rotatable bonds is 4. The maximum atomic E-state index is 11.8. The number of amides is 1. The molecular formula is C13H17NOS. The molecule has 0 fully saturated rings. The normalized spacial score (nSPS) is 9.94. The van der Waals surface area contributed by atoms with Crippen LogP contribution in [0.1, 0.15) is 12.5 Å². The molecule has 16 heavy (non-hydrogen) atoms. The van der Waals surface area contributed by atoms with Crippen molar-refractivity contribution in [2.24, 2.45) is 0 Å². The molecule has 86 valence electrons. The molecule has 0 aromatic heterocycles.